The van der Waals surface area contributed by atoms with Gasteiger partial charge in [0, 0.05) is 18.7 Å². The van der Waals surface area contributed by atoms with E-state index in [-0.39, 0.29) is 17.7 Å². The fourth-order valence-corrected chi connectivity index (χ4v) is 4.17. The van der Waals surface area contributed by atoms with Gasteiger partial charge in [0.15, 0.2) is 11.0 Å². The third kappa shape index (κ3) is 5.50. The van der Waals surface area contributed by atoms with Crippen molar-refractivity contribution in [3.05, 3.63) is 24.3 Å². The Morgan fingerprint density at radius 3 is 2.62 bits per heavy atom. The number of urea groups is 1. The summed E-state index contributed by atoms with van der Waals surface area (Å²) < 4.78 is 6.99. The number of aromatic nitrogens is 3. The van der Waals surface area contributed by atoms with E-state index >= 15 is 0 Å². The number of rotatable bonds is 6. The van der Waals surface area contributed by atoms with E-state index in [2.05, 4.69) is 27.8 Å². The molecule has 0 bridgehead atoms. The first-order valence-corrected chi connectivity index (χ1v) is 10.7. The average Bonchev–Trinajstić information content (AvgIpc) is 3.08. The SMILES string of the molecule is COc1ccc(-c2nnc(SCC(=O)NC(=O)N[C@H]3CCCC[C@H]3C)n2C)cc1. The molecular weight excluding hydrogens is 390 g/mol. The van der Waals surface area contributed by atoms with E-state index in [9.17, 15) is 9.59 Å². The molecule has 1 heterocycles. The van der Waals surface area contributed by atoms with Crippen molar-refractivity contribution >= 4 is 23.7 Å². The molecule has 0 saturated heterocycles. The molecular formula is C20H27N5O3S. The molecule has 9 heteroatoms. The summed E-state index contributed by atoms with van der Waals surface area (Å²) in [5.74, 6) is 1.63. The van der Waals surface area contributed by atoms with Crippen LogP contribution in [0.5, 0.6) is 5.75 Å². The minimum atomic E-state index is -0.425. The molecule has 1 aromatic carbocycles. The molecule has 3 amide bonds. The van der Waals surface area contributed by atoms with Gasteiger partial charge in [-0.1, -0.05) is 31.5 Å². The maximum Gasteiger partial charge on any atom is 0.321 e. The van der Waals surface area contributed by atoms with Crippen LogP contribution in [0.3, 0.4) is 0 Å². The summed E-state index contributed by atoms with van der Waals surface area (Å²) in [4.78, 5) is 24.2. The molecule has 1 aromatic heterocycles. The fourth-order valence-electron chi connectivity index (χ4n) is 3.46. The highest BCUT2D eigenvalue weighted by atomic mass is 32.2. The number of carbonyl (C=O) groups excluding carboxylic acids is 2. The largest absolute Gasteiger partial charge is 0.497 e. The van der Waals surface area contributed by atoms with Gasteiger partial charge >= 0.3 is 6.03 Å². The van der Waals surface area contributed by atoms with Crippen LogP contribution in [0.15, 0.2) is 29.4 Å². The Kier molecular flexibility index (Phi) is 7.13. The first-order chi connectivity index (χ1) is 14.0. The van der Waals surface area contributed by atoms with Crippen molar-refractivity contribution in [3.8, 4) is 17.1 Å². The summed E-state index contributed by atoms with van der Waals surface area (Å²) in [5.41, 5.74) is 0.901. The van der Waals surface area contributed by atoms with Crippen molar-refractivity contribution in [2.24, 2.45) is 13.0 Å². The highest BCUT2D eigenvalue weighted by Crippen LogP contribution is 2.25. The number of benzene rings is 1. The highest BCUT2D eigenvalue weighted by molar-refractivity contribution is 7.99. The summed E-state index contributed by atoms with van der Waals surface area (Å²) in [6.07, 6.45) is 4.39. The van der Waals surface area contributed by atoms with Crippen LogP contribution in [-0.2, 0) is 11.8 Å². The van der Waals surface area contributed by atoms with E-state index in [1.54, 1.807) is 7.11 Å². The average molecular weight is 418 g/mol. The molecule has 0 spiro atoms. The molecule has 0 aliphatic heterocycles. The lowest BCUT2D eigenvalue weighted by Gasteiger charge is -2.29. The van der Waals surface area contributed by atoms with Gasteiger partial charge in [0.2, 0.25) is 5.91 Å². The van der Waals surface area contributed by atoms with Crippen LogP contribution in [-0.4, -0.2) is 45.6 Å². The molecule has 8 nitrogen and oxygen atoms in total. The topological polar surface area (TPSA) is 98.1 Å². The second-order valence-corrected chi connectivity index (χ2v) is 8.21. The van der Waals surface area contributed by atoms with Crippen molar-refractivity contribution in [1.82, 2.24) is 25.4 Å². The Morgan fingerprint density at radius 2 is 1.93 bits per heavy atom. The van der Waals surface area contributed by atoms with E-state index in [1.807, 2.05) is 35.9 Å². The van der Waals surface area contributed by atoms with Gasteiger partial charge in [-0.05, 0) is 43.0 Å². The molecule has 29 heavy (non-hydrogen) atoms. The molecule has 2 aromatic rings. The summed E-state index contributed by atoms with van der Waals surface area (Å²) in [6.45, 7) is 2.14. The quantitative estimate of drug-likeness (QED) is 0.701. The molecule has 1 fully saturated rings. The zero-order chi connectivity index (χ0) is 20.8. The zero-order valence-corrected chi connectivity index (χ0v) is 17.8. The van der Waals surface area contributed by atoms with Crippen LogP contribution in [0.2, 0.25) is 0 Å². The van der Waals surface area contributed by atoms with Crippen molar-refractivity contribution in [2.75, 3.05) is 12.9 Å². The van der Waals surface area contributed by atoms with Gasteiger partial charge in [-0.15, -0.1) is 10.2 Å². The van der Waals surface area contributed by atoms with Crippen LogP contribution in [0, 0.1) is 5.92 Å². The van der Waals surface area contributed by atoms with Gasteiger partial charge in [-0.2, -0.15) is 0 Å². The van der Waals surface area contributed by atoms with Gasteiger partial charge in [0.05, 0.1) is 12.9 Å². The van der Waals surface area contributed by atoms with Crippen LogP contribution in [0.25, 0.3) is 11.4 Å². The maximum atomic E-state index is 12.1. The van der Waals surface area contributed by atoms with Crippen LogP contribution in [0.4, 0.5) is 4.79 Å². The first-order valence-electron chi connectivity index (χ1n) is 9.75. The second kappa shape index (κ2) is 9.78. The lowest BCUT2D eigenvalue weighted by Crippen LogP contribution is -2.48. The van der Waals surface area contributed by atoms with E-state index in [0.29, 0.717) is 16.9 Å². The van der Waals surface area contributed by atoms with E-state index in [4.69, 9.17) is 4.74 Å². The number of hydrogen-bond acceptors (Lipinski definition) is 6. The summed E-state index contributed by atoms with van der Waals surface area (Å²) in [5, 5.41) is 14.3. The van der Waals surface area contributed by atoms with Gasteiger partial charge in [-0.25, -0.2) is 4.79 Å². The lowest BCUT2D eigenvalue weighted by atomic mass is 9.86. The number of amides is 3. The number of nitrogens with one attached hydrogen (secondary N) is 2. The highest BCUT2D eigenvalue weighted by Gasteiger charge is 2.23. The maximum absolute atomic E-state index is 12.1. The number of thioether (sulfide) groups is 1. The molecule has 1 saturated carbocycles. The van der Waals surface area contributed by atoms with E-state index < -0.39 is 6.03 Å². The Hall–Kier alpha value is -2.55. The summed E-state index contributed by atoms with van der Waals surface area (Å²) in [6, 6.07) is 7.23. The Labute approximate surface area is 174 Å². The van der Waals surface area contributed by atoms with Gasteiger partial charge < -0.3 is 14.6 Å². The van der Waals surface area contributed by atoms with E-state index in [1.165, 1.54) is 18.2 Å². The molecule has 2 N–H and O–H groups in total. The molecule has 156 valence electrons. The number of hydrogen-bond donors (Lipinski definition) is 2. The third-order valence-electron chi connectivity index (χ3n) is 5.20. The van der Waals surface area contributed by atoms with Crippen molar-refractivity contribution in [3.63, 3.8) is 0 Å². The van der Waals surface area contributed by atoms with Crippen molar-refractivity contribution in [2.45, 2.75) is 43.8 Å². The Bertz CT molecular complexity index is 852. The molecule has 2 atom stereocenters. The minimum absolute atomic E-state index is 0.0855. The normalized spacial score (nSPS) is 18.9. The number of methoxy groups -OCH3 is 1. The number of carbonyl (C=O) groups is 2. The monoisotopic (exact) mass is 417 g/mol. The smallest absolute Gasteiger partial charge is 0.321 e. The van der Waals surface area contributed by atoms with Crippen LogP contribution < -0.4 is 15.4 Å². The molecule has 0 radical (unpaired) electrons. The number of nitrogens with zero attached hydrogens (tertiary/aromatic N) is 3. The lowest BCUT2D eigenvalue weighted by molar-refractivity contribution is -0.117. The second-order valence-electron chi connectivity index (χ2n) is 7.27. The predicted octanol–water partition coefficient (Wildman–Crippen LogP) is 2.99. The minimum Gasteiger partial charge on any atom is -0.497 e. The van der Waals surface area contributed by atoms with Gasteiger partial charge in [-0.3, -0.25) is 10.1 Å². The number of imide groups is 1. The Balaban J connectivity index is 1.51. The van der Waals surface area contributed by atoms with Gasteiger partial charge in [0.25, 0.3) is 0 Å². The Morgan fingerprint density at radius 1 is 1.21 bits per heavy atom. The number of ether oxygens (including phenoxy) is 1. The van der Waals surface area contributed by atoms with E-state index in [0.717, 1.165) is 30.6 Å². The van der Waals surface area contributed by atoms with Gasteiger partial charge in [0.1, 0.15) is 5.75 Å². The molecule has 0 unspecified atom stereocenters. The molecule has 1 aliphatic carbocycles. The van der Waals surface area contributed by atoms with Crippen molar-refractivity contribution in [1.29, 1.82) is 0 Å². The van der Waals surface area contributed by atoms with Crippen LogP contribution >= 0.6 is 11.8 Å². The first kappa shape index (κ1) is 21.2. The predicted molar refractivity (Wildman–Crippen MR) is 112 cm³/mol. The third-order valence-corrected chi connectivity index (χ3v) is 6.22. The standard InChI is InChI=1S/C20H27N5O3S/c1-13-6-4-5-7-16(13)21-19(27)22-17(26)12-29-20-24-23-18(25(20)2)14-8-10-15(28-3)11-9-14/h8-11,13,16H,4-7,12H2,1-3H3,(H2,21,22,26,27)/t13-,16+/m1/s1. The van der Waals surface area contributed by atoms with Crippen LogP contribution in [0.1, 0.15) is 32.6 Å². The fraction of sp³-hybridized carbons (Fsp3) is 0.500. The molecule has 1 aliphatic rings. The summed E-state index contributed by atoms with van der Waals surface area (Å²) in [7, 11) is 3.46. The summed E-state index contributed by atoms with van der Waals surface area (Å²) >= 11 is 1.24. The zero-order valence-electron chi connectivity index (χ0n) is 17.0. The molecule has 3 rings (SSSR count). The van der Waals surface area contributed by atoms with Crippen molar-refractivity contribution < 1.29 is 14.3 Å².